The number of nitrogen functional groups attached to an aromatic ring is 1. The number of hydrogen-bond donors (Lipinski definition) is 5. The molecule has 1 aliphatic heterocycles. The molecule has 0 amide bonds. The standard InChI is InChI=1S/C19H20BN3O8S.C14H20N2O5S/c1-19(2,17(27)28)31-23-14(12-8-32-18(21)22-12)13(24)7-10-6-9-4-3-5-11(16(25)26)15(9)30-20(10)29;1-8-15-9(7-22-8)10(11(17)18)16-21-14(5,6)12(19)20-13(2,3)4/h3-5,8,10,29H,6-7H2,1-2H3,(H2,21,22)(H,25,26)(H,27,28);7H,1-6H3,(H,17,18)/b23-14-;16-10-/t10-;/m1./s1. The van der Waals surface area contributed by atoms with E-state index in [2.05, 4.69) is 20.3 Å². The number of fused-ring (bicyclic) bond motifs is 1. The topological polar surface area (TPSA) is 280 Å². The SMILES string of the molecule is CC(C)(O/N=C(\C(=O)C[C@H]1Cc2cccc(C(=O)O)c2OB1O)c1csc(N)n1)C(=O)O.Cc1nc(/C(=N/OC(C)(C)C(=O)OC(C)(C)C)C(=O)O)cs1. The molecule has 0 aliphatic carbocycles. The summed E-state index contributed by atoms with van der Waals surface area (Å²) >= 11 is 2.36. The van der Waals surface area contributed by atoms with Gasteiger partial charge in [0.1, 0.15) is 22.7 Å². The van der Waals surface area contributed by atoms with E-state index in [1.165, 1.54) is 50.5 Å². The number of carbonyl (C=O) groups is 5. The van der Waals surface area contributed by atoms with Crippen LogP contribution in [0.25, 0.3) is 0 Å². The molecule has 6 N–H and O–H groups in total. The zero-order valence-electron chi connectivity index (χ0n) is 30.6. The van der Waals surface area contributed by atoms with Crippen LogP contribution < -0.4 is 10.4 Å². The van der Waals surface area contributed by atoms with Gasteiger partial charge in [-0.25, -0.2) is 29.1 Å². The minimum Gasteiger partial charge on any atom is -0.535 e. The van der Waals surface area contributed by atoms with Crippen molar-refractivity contribution >= 4 is 76.0 Å². The minimum atomic E-state index is -1.70. The van der Waals surface area contributed by atoms with Crippen molar-refractivity contribution in [3.05, 3.63) is 56.5 Å². The van der Waals surface area contributed by atoms with Crippen molar-refractivity contribution in [2.75, 3.05) is 5.73 Å². The average Bonchev–Trinajstić information content (AvgIpc) is 3.68. The lowest BCUT2D eigenvalue weighted by Gasteiger charge is -2.28. The van der Waals surface area contributed by atoms with Gasteiger partial charge in [0, 0.05) is 23.0 Å². The molecular weight excluding hydrogens is 749 g/mol. The summed E-state index contributed by atoms with van der Waals surface area (Å²) in [5.74, 6) is -5.64. The number of aryl methyl sites for hydroxylation is 1. The number of carbonyl (C=O) groups excluding carboxylic acids is 2. The molecule has 290 valence electrons. The summed E-state index contributed by atoms with van der Waals surface area (Å²) in [4.78, 5) is 77.3. The van der Waals surface area contributed by atoms with Crippen LogP contribution in [0.2, 0.25) is 5.82 Å². The first-order valence-electron chi connectivity index (χ1n) is 16.0. The number of rotatable bonds is 13. The molecule has 0 spiro atoms. The number of nitrogens with zero attached hydrogens (tertiary/aromatic N) is 4. The molecular formula is C33H40BN5O13S2. The number of Topliss-reactive ketones (excluding diaryl/α,β-unsaturated/α-hetero) is 1. The number of carboxylic acid groups (broad SMARTS) is 3. The highest BCUT2D eigenvalue weighted by Gasteiger charge is 2.40. The van der Waals surface area contributed by atoms with Crippen LogP contribution >= 0.6 is 22.7 Å². The van der Waals surface area contributed by atoms with E-state index in [0.717, 1.165) is 11.3 Å². The number of hydrogen-bond acceptors (Lipinski definition) is 17. The Kier molecular flexibility index (Phi) is 13.7. The number of para-hydroxylation sites is 1. The number of oxime groups is 2. The molecule has 1 aliphatic rings. The van der Waals surface area contributed by atoms with E-state index in [0.29, 0.717) is 10.6 Å². The third-order valence-electron chi connectivity index (χ3n) is 7.13. The summed E-state index contributed by atoms with van der Waals surface area (Å²) in [5.41, 5.74) is 1.99. The predicted octanol–water partition coefficient (Wildman–Crippen LogP) is 3.83. The van der Waals surface area contributed by atoms with Crippen molar-refractivity contribution < 1.29 is 63.4 Å². The van der Waals surface area contributed by atoms with Crippen LogP contribution in [0, 0.1) is 6.92 Å². The second-order valence-corrected chi connectivity index (χ2v) is 15.7. The lowest BCUT2D eigenvalue weighted by atomic mass is 9.64. The fourth-order valence-electron chi connectivity index (χ4n) is 4.26. The van der Waals surface area contributed by atoms with E-state index in [1.54, 1.807) is 45.2 Å². The largest absolute Gasteiger partial charge is 0.535 e. The molecule has 0 unspecified atom stereocenters. The van der Waals surface area contributed by atoms with Gasteiger partial charge < -0.3 is 45.1 Å². The first kappa shape index (κ1) is 43.0. The highest BCUT2D eigenvalue weighted by atomic mass is 32.1. The number of esters is 1. The van der Waals surface area contributed by atoms with Crippen molar-refractivity contribution in [3.63, 3.8) is 0 Å². The maximum absolute atomic E-state index is 13.0. The summed E-state index contributed by atoms with van der Waals surface area (Å²) in [6, 6.07) is 4.56. The minimum absolute atomic E-state index is 0.0592. The number of anilines is 1. The number of thiazole rings is 2. The molecule has 54 heavy (non-hydrogen) atoms. The highest BCUT2D eigenvalue weighted by molar-refractivity contribution is 7.13. The number of ketones is 1. The smallest absolute Gasteiger partial charge is 0.526 e. The van der Waals surface area contributed by atoms with E-state index >= 15 is 0 Å². The molecule has 1 aromatic carbocycles. The van der Waals surface area contributed by atoms with Gasteiger partial charge in [-0.3, -0.25) is 4.79 Å². The van der Waals surface area contributed by atoms with Gasteiger partial charge in [-0.05, 0) is 73.4 Å². The van der Waals surface area contributed by atoms with Crippen LogP contribution in [0.15, 0.2) is 39.3 Å². The molecule has 3 heterocycles. The Morgan fingerprint density at radius 3 is 2.04 bits per heavy atom. The number of carboxylic acids is 3. The normalized spacial score (nSPS) is 14.8. The van der Waals surface area contributed by atoms with Crippen LogP contribution in [0.3, 0.4) is 0 Å². The molecule has 0 saturated heterocycles. The number of ether oxygens (including phenoxy) is 1. The van der Waals surface area contributed by atoms with Gasteiger partial charge in [-0.15, -0.1) is 22.7 Å². The molecule has 0 saturated carbocycles. The maximum Gasteiger partial charge on any atom is 0.526 e. The van der Waals surface area contributed by atoms with Crippen molar-refractivity contribution in [2.24, 2.45) is 10.3 Å². The predicted molar refractivity (Wildman–Crippen MR) is 197 cm³/mol. The van der Waals surface area contributed by atoms with Crippen molar-refractivity contribution in [1.82, 2.24) is 9.97 Å². The highest BCUT2D eigenvalue weighted by Crippen LogP contribution is 2.36. The number of aromatic carboxylic acids is 1. The van der Waals surface area contributed by atoms with Crippen LogP contribution in [-0.2, 0) is 40.0 Å². The van der Waals surface area contributed by atoms with E-state index in [9.17, 15) is 44.3 Å². The monoisotopic (exact) mass is 789 g/mol. The molecule has 0 radical (unpaired) electrons. The molecule has 0 fully saturated rings. The van der Waals surface area contributed by atoms with E-state index in [1.807, 2.05) is 0 Å². The van der Waals surface area contributed by atoms with Crippen LogP contribution in [0.5, 0.6) is 5.75 Å². The fraction of sp³-hybridized carbons (Fsp3) is 0.424. The first-order valence-corrected chi connectivity index (χ1v) is 17.8. The number of aromatic nitrogens is 2. The zero-order chi connectivity index (χ0) is 40.8. The zero-order valence-corrected chi connectivity index (χ0v) is 32.2. The Morgan fingerprint density at radius 2 is 1.52 bits per heavy atom. The van der Waals surface area contributed by atoms with Crippen molar-refractivity contribution in [1.29, 1.82) is 0 Å². The van der Waals surface area contributed by atoms with Gasteiger partial charge in [0.25, 0.3) is 0 Å². The van der Waals surface area contributed by atoms with Gasteiger partial charge in [0.2, 0.25) is 16.9 Å². The summed E-state index contributed by atoms with van der Waals surface area (Å²) in [5, 5.41) is 49.4. The average molecular weight is 790 g/mol. The molecule has 4 rings (SSSR count). The Hall–Kier alpha value is -5.41. The third-order valence-corrected chi connectivity index (χ3v) is 8.57. The van der Waals surface area contributed by atoms with E-state index in [4.69, 9.17) is 24.8 Å². The summed E-state index contributed by atoms with van der Waals surface area (Å²) in [6.07, 6.45) is -0.0671. The van der Waals surface area contributed by atoms with Crippen molar-refractivity contribution in [3.8, 4) is 5.75 Å². The molecule has 3 aromatic rings. The van der Waals surface area contributed by atoms with Gasteiger partial charge in [0.05, 0.1) is 10.6 Å². The number of benzene rings is 1. The fourth-order valence-corrected chi connectivity index (χ4v) is 5.41. The van der Waals surface area contributed by atoms with Crippen LogP contribution in [0.4, 0.5) is 5.13 Å². The second-order valence-electron chi connectivity index (χ2n) is 13.7. The third kappa shape index (κ3) is 11.5. The van der Waals surface area contributed by atoms with Crippen molar-refractivity contribution in [2.45, 2.75) is 90.9 Å². The van der Waals surface area contributed by atoms with Gasteiger partial charge in [-0.2, -0.15) is 0 Å². The lowest BCUT2D eigenvalue weighted by Crippen LogP contribution is -2.40. The van der Waals surface area contributed by atoms with Gasteiger partial charge in [-0.1, -0.05) is 22.4 Å². The number of nitrogens with two attached hydrogens (primary N) is 1. The summed E-state index contributed by atoms with van der Waals surface area (Å²) in [7, 11) is -1.44. The van der Waals surface area contributed by atoms with Crippen LogP contribution in [0.1, 0.15) is 87.2 Å². The summed E-state index contributed by atoms with van der Waals surface area (Å²) in [6.45, 7) is 12.4. The Balaban J connectivity index is 0.000000313. The van der Waals surface area contributed by atoms with Gasteiger partial charge >= 0.3 is 31.0 Å². The van der Waals surface area contributed by atoms with E-state index in [-0.39, 0.29) is 52.1 Å². The maximum atomic E-state index is 13.0. The molecule has 0 bridgehead atoms. The quantitative estimate of drug-likeness (QED) is 0.0712. The Morgan fingerprint density at radius 1 is 0.926 bits per heavy atom. The molecule has 1 atom stereocenters. The molecule has 18 nitrogen and oxygen atoms in total. The molecule has 21 heteroatoms. The van der Waals surface area contributed by atoms with E-state index < -0.39 is 59.4 Å². The Labute approximate surface area is 317 Å². The number of aliphatic carboxylic acids is 2. The molecule has 2 aromatic heterocycles. The Bertz CT molecular complexity index is 1970. The summed E-state index contributed by atoms with van der Waals surface area (Å²) < 4.78 is 10.6. The lowest BCUT2D eigenvalue weighted by molar-refractivity contribution is -0.179. The first-order chi connectivity index (χ1) is 24.9. The second kappa shape index (κ2) is 17.2. The van der Waals surface area contributed by atoms with Crippen LogP contribution in [-0.4, -0.2) is 95.3 Å². The van der Waals surface area contributed by atoms with Gasteiger partial charge in [0.15, 0.2) is 16.6 Å².